The van der Waals surface area contributed by atoms with Gasteiger partial charge in [0.2, 0.25) is 0 Å². The van der Waals surface area contributed by atoms with E-state index in [-0.39, 0.29) is 43.8 Å². The van der Waals surface area contributed by atoms with Gasteiger partial charge in [0.05, 0.1) is 12.6 Å². The van der Waals surface area contributed by atoms with Gasteiger partial charge in [0.1, 0.15) is 5.82 Å². The molecular formula is C19H26ClFN4O3. The summed E-state index contributed by atoms with van der Waals surface area (Å²) < 4.78 is 13.9. The number of amides is 4. The molecule has 0 bridgehead atoms. The summed E-state index contributed by atoms with van der Waals surface area (Å²) in [7, 11) is 0. The lowest BCUT2D eigenvalue weighted by Gasteiger charge is -2.39. The number of hydrogen-bond acceptors (Lipinski definition) is 3. The van der Waals surface area contributed by atoms with E-state index < -0.39 is 5.82 Å². The zero-order valence-electron chi connectivity index (χ0n) is 15.7. The van der Waals surface area contributed by atoms with Crippen molar-refractivity contribution < 1.29 is 19.1 Å². The molecule has 154 valence electrons. The topological polar surface area (TPSA) is 84.9 Å². The van der Waals surface area contributed by atoms with Crippen LogP contribution in [0.2, 0.25) is 5.02 Å². The zero-order chi connectivity index (χ0) is 20.1. The second-order valence-electron chi connectivity index (χ2n) is 7.23. The molecular weight excluding hydrogens is 387 g/mol. The number of nitrogens with one attached hydrogen (secondary N) is 2. The van der Waals surface area contributed by atoms with Gasteiger partial charge in [-0.1, -0.05) is 17.7 Å². The van der Waals surface area contributed by atoms with Crippen molar-refractivity contribution in [3.05, 3.63) is 34.6 Å². The number of nitrogens with zero attached hydrogens (tertiary/aromatic N) is 2. The average molecular weight is 413 g/mol. The molecule has 0 spiro atoms. The minimum absolute atomic E-state index is 0.0574. The first-order valence-electron chi connectivity index (χ1n) is 9.63. The van der Waals surface area contributed by atoms with E-state index >= 15 is 0 Å². The normalized spacial score (nSPS) is 19.2. The highest BCUT2D eigenvalue weighted by Crippen LogP contribution is 2.31. The number of aliphatic hydroxyl groups is 1. The van der Waals surface area contributed by atoms with Crippen LogP contribution in [0.25, 0.3) is 0 Å². The minimum atomic E-state index is -0.454. The Balaban J connectivity index is 1.57. The Morgan fingerprint density at radius 2 is 2.04 bits per heavy atom. The highest BCUT2D eigenvalue weighted by atomic mass is 35.5. The highest BCUT2D eigenvalue weighted by molar-refractivity contribution is 6.30. The summed E-state index contributed by atoms with van der Waals surface area (Å²) in [6, 6.07) is 4.04. The highest BCUT2D eigenvalue weighted by Gasteiger charge is 2.39. The number of carbonyl (C=O) groups is 2. The molecule has 1 aliphatic carbocycles. The summed E-state index contributed by atoms with van der Waals surface area (Å²) in [4.78, 5) is 28.5. The van der Waals surface area contributed by atoms with E-state index in [2.05, 4.69) is 10.6 Å². The van der Waals surface area contributed by atoms with E-state index in [1.807, 2.05) is 4.90 Å². The Morgan fingerprint density at radius 1 is 1.25 bits per heavy atom. The molecule has 1 aromatic carbocycles. The summed E-state index contributed by atoms with van der Waals surface area (Å²) in [6.07, 6.45) is 3.55. The Bertz CT molecular complexity index is 716. The number of carbonyl (C=O) groups excluding carboxylic acids is 2. The fourth-order valence-electron chi connectivity index (χ4n) is 3.55. The van der Waals surface area contributed by atoms with E-state index in [4.69, 9.17) is 16.7 Å². The van der Waals surface area contributed by atoms with Crippen molar-refractivity contribution in [3.8, 4) is 0 Å². The van der Waals surface area contributed by atoms with Crippen LogP contribution in [-0.2, 0) is 6.54 Å². The molecule has 1 saturated carbocycles. The van der Waals surface area contributed by atoms with Crippen molar-refractivity contribution >= 4 is 23.7 Å². The van der Waals surface area contributed by atoms with Crippen molar-refractivity contribution in [2.24, 2.45) is 0 Å². The molecule has 1 aromatic rings. The Hall–Kier alpha value is -2.06. The molecule has 2 fully saturated rings. The molecule has 1 aliphatic heterocycles. The maximum atomic E-state index is 13.9. The molecule has 1 saturated heterocycles. The third-order valence-electron chi connectivity index (χ3n) is 5.09. The first kappa shape index (κ1) is 20.7. The van der Waals surface area contributed by atoms with Crippen LogP contribution in [0.4, 0.5) is 14.0 Å². The fourth-order valence-corrected chi connectivity index (χ4v) is 3.71. The Morgan fingerprint density at radius 3 is 2.71 bits per heavy atom. The number of benzene rings is 1. The molecule has 0 unspecified atom stereocenters. The van der Waals surface area contributed by atoms with E-state index in [1.165, 1.54) is 6.07 Å². The predicted octanol–water partition coefficient (Wildman–Crippen LogP) is 2.32. The second-order valence-corrected chi connectivity index (χ2v) is 7.67. The lowest BCUT2D eigenvalue weighted by Crippen LogP contribution is -2.56. The number of piperidine rings is 1. The van der Waals surface area contributed by atoms with Gasteiger partial charge in [-0.25, -0.2) is 14.0 Å². The molecule has 9 heteroatoms. The summed E-state index contributed by atoms with van der Waals surface area (Å²) in [5, 5.41) is 14.7. The zero-order valence-corrected chi connectivity index (χ0v) is 16.4. The van der Waals surface area contributed by atoms with Gasteiger partial charge in [-0.2, -0.15) is 0 Å². The molecule has 4 amide bonds. The summed E-state index contributed by atoms with van der Waals surface area (Å²) in [5.41, 5.74) is 0.370. The number of rotatable bonds is 6. The maximum Gasteiger partial charge on any atom is 0.318 e. The summed E-state index contributed by atoms with van der Waals surface area (Å²) >= 11 is 5.75. The smallest absolute Gasteiger partial charge is 0.318 e. The number of halogens is 2. The number of urea groups is 2. The lowest BCUT2D eigenvalue weighted by molar-refractivity contribution is 0.114. The fraction of sp³-hybridized carbons (Fsp3) is 0.579. The number of hydrogen-bond donors (Lipinski definition) is 3. The molecule has 1 atom stereocenters. The van der Waals surface area contributed by atoms with Gasteiger partial charge in [-0.3, -0.25) is 0 Å². The van der Waals surface area contributed by atoms with Crippen LogP contribution in [-0.4, -0.2) is 65.3 Å². The largest absolute Gasteiger partial charge is 0.395 e. The van der Waals surface area contributed by atoms with Crippen molar-refractivity contribution in [1.82, 2.24) is 20.4 Å². The number of aliphatic hydroxyl groups excluding tert-OH is 1. The number of likely N-dealkylation sites (tertiary alicyclic amines) is 1. The van der Waals surface area contributed by atoms with E-state index in [0.29, 0.717) is 23.7 Å². The standard InChI is InChI=1S/C19H26ClFN4O3/c20-14-4-3-13(17(21)10-14)11-23-18(27)24-8-1-2-16(12-24)25(15-5-6-15)19(28)22-7-9-26/h3-4,10,15-16,26H,1-2,5-9,11-12H2,(H,22,28)(H,23,27)/t16-/m1/s1. The van der Waals surface area contributed by atoms with E-state index in [1.54, 1.807) is 17.0 Å². The van der Waals surface area contributed by atoms with E-state index in [0.717, 1.165) is 25.7 Å². The van der Waals surface area contributed by atoms with Crippen LogP contribution in [0.1, 0.15) is 31.2 Å². The van der Waals surface area contributed by atoms with Crippen molar-refractivity contribution in [2.75, 3.05) is 26.2 Å². The van der Waals surface area contributed by atoms with Gasteiger partial charge in [0.15, 0.2) is 0 Å². The third-order valence-corrected chi connectivity index (χ3v) is 5.32. The molecule has 1 heterocycles. The van der Waals surface area contributed by atoms with Gasteiger partial charge in [0.25, 0.3) is 0 Å². The minimum Gasteiger partial charge on any atom is -0.395 e. The molecule has 3 rings (SSSR count). The van der Waals surface area contributed by atoms with Crippen molar-refractivity contribution in [2.45, 2.75) is 44.3 Å². The van der Waals surface area contributed by atoms with Crippen molar-refractivity contribution in [3.63, 3.8) is 0 Å². The first-order valence-corrected chi connectivity index (χ1v) is 10.0. The molecule has 2 aliphatic rings. The van der Waals surface area contributed by atoms with Crippen LogP contribution >= 0.6 is 11.6 Å². The third kappa shape index (κ3) is 5.26. The maximum absolute atomic E-state index is 13.9. The monoisotopic (exact) mass is 412 g/mol. The molecule has 0 radical (unpaired) electrons. The van der Waals surface area contributed by atoms with Crippen LogP contribution in [0.5, 0.6) is 0 Å². The van der Waals surface area contributed by atoms with Crippen molar-refractivity contribution in [1.29, 1.82) is 0 Å². The quantitative estimate of drug-likeness (QED) is 0.670. The van der Waals surface area contributed by atoms with Crippen LogP contribution in [0, 0.1) is 5.82 Å². The van der Waals surface area contributed by atoms with Gasteiger partial charge in [0, 0.05) is 42.8 Å². The van der Waals surface area contributed by atoms with Gasteiger partial charge in [-0.15, -0.1) is 0 Å². The second kappa shape index (κ2) is 9.43. The van der Waals surface area contributed by atoms with Gasteiger partial charge < -0.3 is 25.5 Å². The Kier molecular flexibility index (Phi) is 6.96. The predicted molar refractivity (Wildman–Crippen MR) is 104 cm³/mol. The molecule has 7 nitrogen and oxygen atoms in total. The molecule has 0 aromatic heterocycles. The van der Waals surface area contributed by atoms with E-state index in [9.17, 15) is 14.0 Å². The van der Waals surface area contributed by atoms with Crippen LogP contribution in [0.3, 0.4) is 0 Å². The van der Waals surface area contributed by atoms with Crippen LogP contribution < -0.4 is 10.6 Å². The van der Waals surface area contributed by atoms with Gasteiger partial charge in [-0.05, 0) is 37.8 Å². The summed E-state index contributed by atoms with van der Waals surface area (Å²) in [6.45, 7) is 1.23. The summed E-state index contributed by atoms with van der Waals surface area (Å²) in [5.74, 6) is -0.454. The Labute approximate surface area is 168 Å². The molecule has 28 heavy (non-hydrogen) atoms. The lowest BCUT2D eigenvalue weighted by atomic mass is 10.0. The van der Waals surface area contributed by atoms with Gasteiger partial charge >= 0.3 is 12.1 Å². The SMILES string of the molecule is O=C(NCc1ccc(Cl)cc1F)N1CCC[C@@H](N(C(=O)NCCO)C2CC2)C1. The average Bonchev–Trinajstić information content (AvgIpc) is 3.51. The first-order chi connectivity index (χ1) is 13.5. The van der Waals surface area contributed by atoms with Crippen LogP contribution in [0.15, 0.2) is 18.2 Å². The molecule has 3 N–H and O–H groups in total.